The van der Waals surface area contributed by atoms with Crippen molar-refractivity contribution < 1.29 is 34.4 Å². The lowest BCUT2D eigenvalue weighted by atomic mass is 9.95. The van der Waals surface area contributed by atoms with Crippen LogP contribution in [0.1, 0.15) is 41.4 Å². The quantitative estimate of drug-likeness (QED) is 0.168. The number of H-pyrrole nitrogens is 1. The van der Waals surface area contributed by atoms with Crippen LogP contribution in [-0.4, -0.2) is 49.1 Å². The number of phenolic OH excluding ortho intramolecular Hbond substituents is 1. The van der Waals surface area contributed by atoms with Crippen LogP contribution in [0.5, 0.6) is 11.5 Å². The van der Waals surface area contributed by atoms with Gasteiger partial charge in [0.25, 0.3) is 5.78 Å². The van der Waals surface area contributed by atoms with Crippen LogP contribution in [0.4, 0.5) is 5.95 Å². The van der Waals surface area contributed by atoms with Crippen molar-refractivity contribution in [1.82, 2.24) is 9.97 Å². The SMILES string of the molecule is CC(C)Oc1ccc(/C(O)=C2\C(=O)C(=O)N(c3nc4ccc(C(=O)O)cc4[nH]3)C2c2ccc(O)cc2)cc1. The van der Waals surface area contributed by atoms with Gasteiger partial charge in [0, 0.05) is 5.56 Å². The normalized spacial score (nSPS) is 16.9. The molecule has 10 heteroatoms. The average Bonchev–Trinajstić information content (AvgIpc) is 3.42. The number of carbonyl (C=O) groups excluding carboxylic acids is 2. The Balaban J connectivity index is 1.65. The van der Waals surface area contributed by atoms with Gasteiger partial charge in [-0.2, -0.15) is 0 Å². The van der Waals surface area contributed by atoms with Gasteiger partial charge in [0.1, 0.15) is 17.3 Å². The molecule has 192 valence electrons. The maximum Gasteiger partial charge on any atom is 0.335 e. The van der Waals surface area contributed by atoms with Crippen LogP contribution in [0.25, 0.3) is 16.8 Å². The number of hydrogen-bond donors (Lipinski definition) is 4. The zero-order chi connectivity index (χ0) is 27.1. The number of phenols is 1. The number of Topliss-reactive ketones (excluding diaryl/α,β-unsaturated/α-hetero) is 1. The molecule has 1 saturated heterocycles. The lowest BCUT2D eigenvalue weighted by Crippen LogP contribution is -2.30. The molecule has 1 fully saturated rings. The van der Waals surface area contributed by atoms with E-state index in [9.17, 15) is 29.7 Å². The topological polar surface area (TPSA) is 153 Å². The number of carboxylic acids is 1. The lowest BCUT2D eigenvalue weighted by Gasteiger charge is -2.23. The van der Waals surface area contributed by atoms with Crippen molar-refractivity contribution in [3.05, 3.63) is 89.0 Å². The second-order valence-corrected chi connectivity index (χ2v) is 9.05. The van der Waals surface area contributed by atoms with Gasteiger partial charge >= 0.3 is 11.9 Å². The summed E-state index contributed by atoms with van der Waals surface area (Å²) in [6.07, 6.45) is -0.0512. The molecule has 4 aromatic rings. The highest BCUT2D eigenvalue weighted by atomic mass is 16.5. The number of aliphatic hydroxyl groups excluding tert-OH is 1. The standard InChI is InChI=1S/C28H23N3O7/c1-14(2)38-19-10-5-16(6-11-19)24(33)22-23(15-3-8-18(32)9-4-15)31(26(35)25(22)34)28-29-20-12-7-17(27(36)37)13-21(20)30-28/h3-14,23,32-33H,1-2H3,(H,29,30)(H,36,37)/b24-22+. The third-order valence-corrected chi connectivity index (χ3v) is 6.10. The summed E-state index contributed by atoms with van der Waals surface area (Å²) in [6, 6.07) is 15.5. The molecule has 5 rings (SSSR count). The summed E-state index contributed by atoms with van der Waals surface area (Å²) in [7, 11) is 0. The van der Waals surface area contributed by atoms with Crippen molar-refractivity contribution in [1.29, 1.82) is 0 Å². The highest BCUT2D eigenvalue weighted by Crippen LogP contribution is 2.42. The molecule has 1 aliphatic rings. The van der Waals surface area contributed by atoms with E-state index < -0.39 is 23.7 Å². The van der Waals surface area contributed by atoms with E-state index in [1.807, 2.05) is 13.8 Å². The van der Waals surface area contributed by atoms with E-state index in [1.165, 1.54) is 42.5 Å². The van der Waals surface area contributed by atoms with Crippen molar-refractivity contribution in [2.45, 2.75) is 26.0 Å². The van der Waals surface area contributed by atoms with Gasteiger partial charge in [-0.15, -0.1) is 0 Å². The van der Waals surface area contributed by atoms with Gasteiger partial charge in [0.05, 0.1) is 34.3 Å². The lowest BCUT2D eigenvalue weighted by molar-refractivity contribution is -0.132. The van der Waals surface area contributed by atoms with Crippen LogP contribution in [-0.2, 0) is 9.59 Å². The first-order valence-electron chi connectivity index (χ1n) is 11.7. The summed E-state index contributed by atoms with van der Waals surface area (Å²) in [4.78, 5) is 46.5. The molecule has 0 saturated carbocycles. The Morgan fingerprint density at radius 2 is 1.63 bits per heavy atom. The van der Waals surface area contributed by atoms with E-state index in [-0.39, 0.29) is 34.7 Å². The van der Waals surface area contributed by atoms with Crippen LogP contribution in [0.15, 0.2) is 72.3 Å². The minimum Gasteiger partial charge on any atom is -0.508 e. The number of anilines is 1. The number of ketones is 1. The van der Waals surface area contributed by atoms with E-state index in [1.54, 1.807) is 24.3 Å². The first kappa shape index (κ1) is 24.6. The highest BCUT2D eigenvalue weighted by Gasteiger charge is 2.48. The van der Waals surface area contributed by atoms with Gasteiger partial charge in [0.15, 0.2) is 0 Å². The fourth-order valence-corrected chi connectivity index (χ4v) is 4.39. The number of fused-ring (bicyclic) bond motifs is 1. The van der Waals surface area contributed by atoms with E-state index in [4.69, 9.17) is 4.74 Å². The second kappa shape index (κ2) is 9.40. The molecule has 1 aromatic heterocycles. The summed E-state index contributed by atoms with van der Waals surface area (Å²) >= 11 is 0. The molecule has 1 unspecified atom stereocenters. The van der Waals surface area contributed by atoms with Crippen LogP contribution in [0, 0.1) is 0 Å². The highest BCUT2D eigenvalue weighted by molar-refractivity contribution is 6.51. The minimum atomic E-state index is -1.13. The Labute approximate surface area is 216 Å². The Morgan fingerprint density at radius 3 is 2.26 bits per heavy atom. The largest absolute Gasteiger partial charge is 0.508 e. The van der Waals surface area contributed by atoms with Crippen molar-refractivity contribution in [3.8, 4) is 11.5 Å². The number of nitrogens with zero attached hydrogens (tertiary/aromatic N) is 2. The molecular formula is C28H23N3O7. The average molecular weight is 514 g/mol. The fourth-order valence-electron chi connectivity index (χ4n) is 4.39. The number of aromatic nitrogens is 2. The van der Waals surface area contributed by atoms with Gasteiger partial charge in [-0.3, -0.25) is 14.5 Å². The van der Waals surface area contributed by atoms with Gasteiger partial charge in [0.2, 0.25) is 5.95 Å². The van der Waals surface area contributed by atoms with Crippen LogP contribution < -0.4 is 9.64 Å². The molecule has 0 aliphatic carbocycles. The number of amides is 1. The van der Waals surface area contributed by atoms with Gasteiger partial charge < -0.3 is 25.0 Å². The Bertz CT molecular complexity index is 1600. The molecule has 3 aromatic carbocycles. The molecule has 2 heterocycles. The molecule has 0 spiro atoms. The zero-order valence-electron chi connectivity index (χ0n) is 20.4. The Morgan fingerprint density at radius 1 is 0.974 bits per heavy atom. The van der Waals surface area contributed by atoms with Crippen molar-refractivity contribution in [3.63, 3.8) is 0 Å². The van der Waals surface area contributed by atoms with E-state index >= 15 is 0 Å². The predicted molar refractivity (Wildman–Crippen MR) is 138 cm³/mol. The molecular weight excluding hydrogens is 490 g/mol. The monoisotopic (exact) mass is 513 g/mol. The first-order chi connectivity index (χ1) is 18.1. The number of aliphatic hydroxyl groups is 1. The number of aromatic hydroxyl groups is 1. The predicted octanol–water partition coefficient (Wildman–Crippen LogP) is 4.38. The van der Waals surface area contributed by atoms with Gasteiger partial charge in [-0.05, 0) is 74.0 Å². The van der Waals surface area contributed by atoms with Crippen LogP contribution in [0.2, 0.25) is 0 Å². The van der Waals surface area contributed by atoms with Gasteiger partial charge in [-0.1, -0.05) is 12.1 Å². The number of ether oxygens (including phenoxy) is 1. The summed E-state index contributed by atoms with van der Waals surface area (Å²) in [5, 5.41) is 30.4. The number of hydrogen-bond acceptors (Lipinski definition) is 7. The molecule has 0 radical (unpaired) electrons. The fraction of sp³-hybridized carbons (Fsp3) is 0.143. The van der Waals surface area contributed by atoms with Gasteiger partial charge in [-0.25, -0.2) is 9.78 Å². The van der Waals surface area contributed by atoms with Crippen molar-refractivity contribution >= 4 is 40.4 Å². The number of rotatable bonds is 6. The molecule has 0 bridgehead atoms. The number of nitrogens with one attached hydrogen (secondary N) is 1. The third kappa shape index (κ3) is 4.32. The smallest absolute Gasteiger partial charge is 0.335 e. The third-order valence-electron chi connectivity index (χ3n) is 6.10. The molecule has 1 aliphatic heterocycles. The number of carbonyl (C=O) groups is 3. The second-order valence-electron chi connectivity index (χ2n) is 9.05. The zero-order valence-corrected chi connectivity index (χ0v) is 20.4. The number of aromatic carboxylic acids is 1. The number of imidazole rings is 1. The van der Waals surface area contributed by atoms with Crippen LogP contribution in [0.3, 0.4) is 0 Å². The molecule has 1 amide bonds. The van der Waals surface area contributed by atoms with Crippen molar-refractivity contribution in [2.24, 2.45) is 0 Å². The number of benzene rings is 3. The molecule has 10 nitrogen and oxygen atoms in total. The summed E-state index contributed by atoms with van der Waals surface area (Å²) in [6.45, 7) is 3.76. The molecule has 1 atom stereocenters. The maximum atomic E-state index is 13.3. The molecule has 4 N–H and O–H groups in total. The minimum absolute atomic E-state index is 0.00226. The van der Waals surface area contributed by atoms with E-state index in [0.717, 1.165) is 4.90 Å². The van der Waals surface area contributed by atoms with E-state index in [0.29, 0.717) is 27.9 Å². The Hall–Kier alpha value is -5.12. The summed E-state index contributed by atoms with van der Waals surface area (Å²) in [5.41, 5.74) is 1.34. The number of aromatic amines is 1. The summed E-state index contributed by atoms with van der Waals surface area (Å²) < 4.78 is 5.64. The van der Waals surface area contributed by atoms with Crippen molar-refractivity contribution in [2.75, 3.05) is 4.90 Å². The van der Waals surface area contributed by atoms with Crippen LogP contribution >= 0.6 is 0 Å². The maximum absolute atomic E-state index is 13.3. The van der Waals surface area contributed by atoms with E-state index in [2.05, 4.69) is 9.97 Å². The Kier molecular flexibility index (Phi) is 6.08. The molecule has 38 heavy (non-hydrogen) atoms. The number of carboxylic acid groups (broad SMARTS) is 1. The first-order valence-corrected chi connectivity index (χ1v) is 11.7. The summed E-state index contributed by atoms with van der Waals surface area (Å²) in [5.74, 6) is -2.80.